The Kier molecular flexibility index (Phi) is 8.47. The lowest BCUT2D eigenvalue weighted by Crippen LogP contribution is -2.20. The Labute approximate surface area is 110 Å². The van der Waals surface area contributed by atoms with Gasteiger partial charge in [0, 0.05) is 20.3 Å². The standard InChI is InChI=1S/C15H25NO2/c1-14(15-8-4-3-5-9-15)18-12-7-6-10-16-11-13-17-2/h3-5,8-9,14,16H,6-7,10-13H2,1-2H3. The summed E-state index contributed by atoms with van der Waals surface area (Å²) in [6.45, 7) is 5.67. The van der Waals surface area contributed by atoms with Crippen molar-refractivity contribution in [3.05, 3.63) is 35.9 Å². The summed E-state index contributed by atoms with van der Waals surface area (Å²) in [7, 11) is 1.72. The van der Waals surface area contributed by atoms with Crippen LogP contribution in [0.15, 0.2) is 30.3 Å². The third-order valence-corrected chi connectivity index (χ3v) is 2.87. The van der Waals surface area contributed by atoms with Crippen LogP contribution in [0.5, 0.6) is 0 Å². The highest BCUT2D eigenvalue weighted by atomic mass is 16.5. The summed E-state index contributed by atoms with van der Waals surface area (Å²) < 4.78 is 10.8. The molecule has 3 nitrogen and oxygen atoms in total. The van der Waals surface area contributed by atoms with E-state index in [0.717, 1.165) is 39.1 Å². The summed E-state index contributed by atoms with van der Waals surface area (Å²) in [5.41, 5.74) is 1.25. The van der Waals surface area contributed by atoms with Crippen molar-refractivity contribution in [1.29, 1.82) is 0 Å². The minimum Gasteiger partial charge on any atom is -0.383 e. The molecule has 0 saturated carbocycles. The van der Waals surface area contributed by atoms with E-state index in [4.69, 9.17) is 9.47 Å². The molecule has 1 N–H and O–H groups in total. The van der Waals surface area contributed by atoms with Crippen molar-refractivity contribution in [1.82, 2.24) is 5.32 Å². The topological polar surface area (TPSA) is 30.5 Å². The van der Waals surface area contributed by atoms with Gasteiger partial charge < -0.3 is 14.8 Å². The minimum absolute atomic E-state index is 0.188. The summed E-state index contributed by atoms with van der Waals surface area (Å²) in [6.07, 6.45) is 2.43. The molecule has 3 heteroatoms. The highest BCUT2D eigenvalue weighted by Gasteiger charge is 2.03. The van der Waals surface area contributed by atoms with Crippen LogP contribution in [0.3, 0.4) is 0 Å². The first-order valence-corrected chi connectivity index (χ1v) is 6.71. The second-order valence-electron chi connectivity index (χ2n) is 4.37. The maximum atomic E-state index is 5.80. The SMILES string of the molecule is COCCNCCCCOC(C)c1ccccc1. The zero-order valence-electron chi connectivity index (χ0n) is 11.5. The Balaban J connectivity index is 1.98. The molecule has 0 bridgehead atoms. The Morgan fingerprint density at radius 3 is 2.56 bits per heavy atom. The van der Waals surface area contributed by atoms with E-state index in [1.165, 1.54) is 5.56 Å². The number of benzene rings is 1. The minimum atomic E-state index is 0.188. The summed E-state index contributed by atoms with van der Waals surface area (Å²) in [5.74, 6) is 0. The second-order valence-corrected chi connectivity index (χ2v) is 4.37. The van der Waals surface area contributed by atoms with Crippen molar-refractivity contribution in [3.8, 4) is 0 Å². The van der Waals surface area contributed by atoms with Crippen molar-refractivity contribution in [2.75, 3.05) is 33.4 Å². The van der Waals surface area contributed by atoms with Crippen molar-refractivity contribution < 1.29 is 9.47 Å². The highest BCUT2D eigenvalue weighted by Crippen LogP contribution is 2.15. The Morgan fingerprint density at radius 2 is 1.83 bits per heavy atom. The number of unbranched alkanes of at least 4 members (excludes halogenated alkanes) is 1. The lowest BCUT2D eigenvalue weighted by atomic mass is 10.1. The summed E-state index contributed by atoms with van der Waals surface area (Å²) in [6, 6.07) is 10.3. The van der Waals surface area contributed by atoms with Gasteiger partial charge in [-0.05, 0) is 31.9 Å². The molecule has 1 unspecified atom stereocenters. The number of nitrogens with one attached hydrogen (secondary N) is 1. The predicted octanol–water partition coefficient (Wildman–Crippen LogP) is 2.78. The Hall–Kier alpha value is -0.900. The Bertz CT molecular complexity index is 290. The molecule has 102 valence electrons. The first kappa shape index (κ1) is 15.2. The molecule has 0 amide bonds. The monoisotopic (exact) mass is 251 g/mol. The van der Waals surface area contributed by atoms with Gasteiger partial charge in [-0.1, -0.05) is 30.3 Å². The van der Waals surface area contributed by atoms with E-state index in [1.807, 2.05) is 6.07 Å². The largest absolute Gasteiger partial charge is 0.383 e. The molecular formula is C15H25NO2. The van der Waals surface area contributed by atoms with Gasteiger partial charge in [-0.15, -0.1) is 0 Å². The number of hydrogen-bond acceptors (Lipinski definition) is 3. The van der Waals surface area contributed by atoms with Gasteiger partial charge in [0.2, 0.25) is 0 Å². The second kappa shape index (κ2) is 10.1. The van der Waals surface area contributed by atoms with Crippen LogP contribution >= 0.6 is 0 Å². The number of hydrogen-bond donors (Lipinski definition) is 1. The maximum Gasteiger partial charge on any atom is 0.0796 e. The predicted molar refractivity (Wildman–Crippen MR) is 74.8 cm³/mol. The van der Waals surface area contributed by atoms with Crippen LogP contribution in [0.25, 0.3) is 0 Å². The van der Waals surface area contributed by atoms with E-state index in [-0.39, 0.29) is 6.10 Å². The molecule has 0 aliphatic carbocycles. The van der Waals surface area contributed by atoms with Gasteiger partial charge in [-0.3, -0.25) is 0 Å². The first-order chi connectivity index (χ1) is 8.84. The molecule has 0 fully saturated rings. The van der Waals surface area contributed by atoms with Crippen LogP contribution in [-0.2, 0) is 9.47 Å². The van der Waals surface area contributed by atoms with E-state index in [9.17, 15) is 0 Å². The average Bonchev–Trinajstić information content (AvgIpc) is 2.42. The highest BCUT2D eigenvalue weighted by molar-refractivity contribution is 5.16. The van der Waals surface area contributed by atoms with Crippen molar-refractivity contribution in [2.45, 2.75) is 25.9 Å². The normalized spacial score (nSPS) is 12.6. The molecule has 0 radical (unpaired) electrons. The van der Waals surface area contributed by atoms with E-state index in [2.05, 4.69) is 36.5 Å². The van der Waals surface area contributed by atoms with Gasteiger partial charge >= 0.3 is 0 Å². The molecular weight excluding hydrogens is 226 g/mol. The fourth-order valence-corrected chi connectivity index (χ4v) is 1.73. The van der Waals surface area contributed by atoms with Gasteiger partial charge in [0.1, 0.15) is 0 Å². The van der Waals surface area contributed by atoms with Gasteiger partial charge in [-0.2, -0.15) is 0 Å². The van der Waals surface area contributed by atoms with Crippen LogP contribution < -0.4 is 5.32 Å². The molecule has 1 atom stereocenters. The number of methoxy groups -OCH3 is 1. The van der Waals surface area contributed by atoms with Crippen LogP contribution in [0.2, 0.25) is 0 Å². The van der Waals surface area contributed by atoms with E-state index >= 15 is 0 Å². The zero-order chi connectivity index (χ0) is 13.1. The molecule has 0 spiro atoms. The zero-order valence-corrected chi connectivity index (χ0v) is 11.5. The fraction of sp³-hybridized carbons (Fsp3) is 0.600. The third-order valence-electron chi connectivity index (χ3n) is 2.87. The fourth-order valence-electron chi connectivity index (χ4n) is 1.73. The molecule has 0 heterocycles. The molecule has 0 aliphatic heterocycles. The average molecular weight is 251 g/mol. The van der Waals surface area contributed by atoms with Crippen LogP contribution in [0, 0.1) is 0 Å². The maximum absolute atomic E-state index is 5.80. The van der Waals surface area contributed by atoms with Gasteiger partial charge in [-0.25, -0.2) is 0 Å². The molecule has 1 aromatic carbocycles. The van der Waals surface area contributed by atoms with Crippen molar-refractivity contribution >= 4 is 0 Å². The lowest BCUT2D eigenvalue weighted by molar-refractivity contribution is 0.0630. The summed E-state index contributed by atoms with van der Waals surface area (Å²) >= 11 is 0. The third kappa shape index (κ3) is 6.74. The van der Waals surface area contributed by atoms with Crippen LogP contribution in [0.1, 0.15) is 31.4 Å². The van der Waals surface area contributed by atoms with E-state index in [0.29, 0.717) is 0 Å². The first-order valence-electron chi connectivity index (χ1n) is 6.71. The molecule has 1 aromatic rings. The molecule has 0 saturated heterocycles. The summed E-state index contributed by atoms with van der Waals surface area (Å²) in [5, 5.41) is 3.33. The van der Waals surface area contributed by atoms with Gasteiger partial charge in [0.05, 0.1) is 12.7 Å². The molecule has 0 aromatic heterocycles. The van der Waals surface area contributed by atoms with Crippen LogP contribution in [-0.4, -0.2) is 33.4 Å². The van der Waals surface area contributed by atoms with Crippen LogP contribution in [0.4, 0.5) is 0 Å². The quantitative estimate of drug-likeness (QED) is 0.649. The lowest BCUT2D eigenvalue weighted by Gasteiger charge is -2.13. The number of rotatable bonds is 10. The van der Waals surface area contributed by atoms with Crippen molar-refractivity contribution in [2.24, 2.45) is 0 Å². The van der Waals surface area contributed by atoms with Gasteiger partial charge in [0.25, 0.3) is 0 Å². The smallest absolute Gasteiger partial charge is 0.0796 e. The Morgan fingerprint density at radius 1 is 1.06 bits per heavy atom. The van der Waals surface area contributed by atoms with E-state index in [1.54, 1.807) is 7.11 Å². The van der Waals surface area contributed by atoms with Crippen molar-refractivity contribution in [3.63, 3.8) is 0 Å². The van der Waals surface area contributed by atoms with Gasteiger partial charge in [0.15, 0.2) is 0 Å². The van der Waals surface area contributed by atoms with E-state index < -0.39 is 0 Å². The molecule has 0 aliphatic rings. The summed E-state index contributed by atoms with van der Waals surface area (Å²) in [4.78, 5) is 0. The number of ether oxygens (including phenoxy) is 2. The molecule has 18 heavy (non-hydrogen) atoms. The molecule has 1 rings (SSSR count).